The molecule has 0 spiro atoms. The van der Waals surface area contributed by atoms with Crippen LogP contribution in [-0.2, 0) is 6.54 Å². The predicted molar refractivity (Wildman–Crippen MR) is 111 cm³/mol. The van der Waals surface area contributed by atoms with E-state index in [1.54, 1.807) is 52.3 Å². The number of halogens is 2. The van der Waals surface area contributed by atoms with Gasteiger partial charge in [0.25, 0.3) is 11.8 Å². The van der Waals surface area contributed by atoms with Crippen molar-refractivity contribution in [3.8, 4) is 0 Å². The topological polar surface area (TPSA) is 95.7 Å². The van der Waals surface area contributed by atoms with Gasteiger partial charge in [0.1, 0.15) is 0 Å². The van der Waals surface area contributed by atoms with Gasteiger partial charge in [-0.1, -0.05) is 35.3 Å². The van der Waals surface area contributed by atoms with E-state index in [1.807, 2.05) is 0 Å². The third-order valence-corrected chi connectivity index (χ3v) is 5.07. The average molecular weight is 435 g/mol. The van der Waals surface area contributed by atoms with E-state index < -0.39 is 6.03 Å². The lowest BCUT2D eigenvalue weighted by atomic mass is 10.1. The van der Waals surface area contributed by atoms with Crippen molar-refractivity contribution in [2.75, 3.05) is 26.2 Å². The van der Waals surface area contributed by atoms with E-state index in [0.29, 0.717) is 53.9 Å². The van der Waals surface area contributed by atoms with Gasteiger partial charge in [-0.3, -0.25) is 9.59 Å². The number of carbonyl (C=O) groups is 3. The number of carbonyl (C=O) groups excluding carboxylic acids is 3. The second kappa shape index (κ2) is 9.15. The zero-order valence-corrected chi connectivity index (χ0v) is 17.0. The molecule has 9 heteroatoms. The van der Waals surface area contributed by atoms with Gasteiger partial charge in [-0.05, 0) is 35.9 Å². The maximum Gasteiger partial charge on any atom is 0.312 e. The second-order valence-electron chi connectivity index (χ2n) is 6.66. The van der Waals surface area contributed by atoms with Crippen molar-refractivity contribution in [3.63, 3.8) is 0 Å². The minimum absolute atomic E-state index is 0.0997. The van der Waals surface area contributed by atoms with Gasteiger partial charge in [-0.15, -0.1) is 0 Å². The number of piperazine rings is 1. The molecule has 7 nitrogen and oxygen atoms in total. The highest BCUT2D eigenvalue weighted by atomic mass is 35.5. The molecule has 29 heavy (non-hydrogen) atoms. The first-order chi connectivity index (χ1) is 13.8. The fourth-order valence-corrected chi connectivity index (χ4v) is 3.64. The number of hydrogen-bond donors (Lipinski definition) is 2. The highest BCUT2D eigenvalue weighted by Crippen LogP contribution is 2.21. The normalized spacial score (nSPS) is 13.9. The van der Waals surface area contributed by atoms with E-state index >= 15 is 0 Å². The molecular formula is C20H20Cl2N4O3. The zero-order valence-electron chi connectivity index (χ0n) is 15.5. The Bertz CT molecular complexity index is 906. The first-order valence-electron chi connectivity index (χ1n) is 9.00. The van der Waals surface area contributed by atoms with Crippen molar-refractivity contribution < 1.29 is 14.4 Å². The van der Waals surface area contributed by atoms with Crippen LogP contribution in [0.25, 0.3) is 0 Å². The van der Waals surface area contributed by atoms with Crippen LogP contribution in [0.15, 0.2) is 42.5 Å². The molecule has 3 N–H and O–H groups in total. The highest BCUT2D eigenvalue weighted by Gasteiger charge is 2.25. The number of amides is 4. The zero-order chi connectivity index (χ0) is 21.0. The number of nitrogens with zero attached hydrogens (tertiary/aromatic N) is 2. The molecule has 2 aromatic rings. The number of nitrogens with two attached hydrogens (primary N) is 1. The lowest BCUT2D eigenvalue weighted by Crippen LogP contribution is -2.50. The first kappa shape index (κ1) is 21.0. The molecule has 0 radical (unpaired) electrons. The van der Waals surface area contributed by atoms with E-state index in [9.17, 15) is 14.4 Å². The smallest absolute Gasteiger partial charge is 0.312 e. The SMILES string of the molecule is NC(=O)NCc1ccc(C(=O)N2CCN(C(=O)c3cc(Cl)cc(Cl)c3)CC2)cc1. The molecular weight excluding hydrogens is 415 g/mol. The van der Waals surface area contributed by atoms with Crippen LogP contribution >= 0.6 is 23.2 Å². The quantitative estimate of drug-likeness (QED) is 0.773. The molecule has 0 aromatic heterocycles. The number of primary amides is 1. The first-order valence-corrected chi connectivity index (χ1v) is 9.76. The second-order valence-corrected chi connectivity index (χ2v) is 7.53. The van der Waals surface area contributed by atoms with E-state index in [2.05, 4.69) is 5.32 Å². The van der Waals surface area contributed by atoms with E-state index in [4.69, 9.17) is 28.9 Å². The Labute approximate surface area is 178 Å². The standard InChI is InChI=1S/C20H20Cl2N4O3/c21-16-9-15(10-17(22)11-16)19(28)26-7-5-25(6-8-26)18(27)14-3-1-13(2-4-14)12-24-20(23)29/h1-4,9-11H,5-8,12H2,(H3,23,24,29). The summed E-state index contributed by atoms with van der Waals surface area (Å²) < 4.78 is 0. The largest absolute Gasteiger partial charge is 0.352 e. The highest BCUT2D eigenvalue weighted by molar-refractivity contribution is 6.35. The van der Waals surface area contributed by atoms with Gasteiger partial charge < -0.3 is 20.9 Å². The van der Waals surface area contributed by atoms with Crippen LogP contribution in [0.5, 0.6) is 0 Å². The Morgan fingerprint density at radius 2 is 1.31 bits per heavy atom. The van der Waals surface area contributed by atoms with Gasteiger partial charge in [-0.25, -0.2) is 4.79 Å². The lowest BCUT2D eigenvalue weighted by molar-refractivity contribution is 0.0535. The minimum atomic E-state index is -0.599. The van der Waals surface area contributed by atoms with E-state index in [1.165, 1.54) is 0 Å². The van der Waals surface area contributed by atoms with Gasteiger partial charge >= 0.3 is 6.03 Å². The van der Waals surface area contributed by atoms with Crippen molar-refractivity contribution in [2.24, 2.45) is 5.73 Å². The van der Waals surface area contributed by atoms with Gasteiger partial charge in [0.15, 0.2) is 0 Å². The Balaban J connectivity index is 1.57. The van der Waals surface area contributed by atoms with Crippen LogP contribution in [0.1, 0.15) is 26.3 Å². The van der Waals surface area contributed by atoms with Crippen molar-refractivity contribution in [1.29, 1.82) is 0 Å². The summed E-state index contributed by atoms with van der Waals surface area (Å²) >= 11 is 12.0. The summed E-state index contributed by atoms with van der Waals surface area (Å²) in [5, 5.41) is 3.31. The molecule has 3 rings (SSSR count). The van der Waals surface area contributed by atoms with Crippen molar-refractivity contribution in [2.45, 2.75) is 6.54 Å². The molecule has 0 unspecified atom stereocenters. The summed E-state index contributed by atoms with van der Waals surface area (Å²) in [5.41, 5.74) is 6.87. The molecule has 1 saturated heterocycles. The number of rotatable bonds is 4. The monoisotopic (exact) mass is 434 g/mol. The van der Waals surface area contributed by atoms with Gasteiger partial charge in [0.2, 0.25) is 0 Å². The molecule has 4 amide bonds. The summed E-state index contributed by atoms with van der Waals surface area (Å²) in [6, 6.07) is 11.1. The van der Waals surface area contributed by atoms with Crippen LogP contribution in [0, 0.1) is 0 Å². The summed E-state index contributed by atoms with van der Waals surface area (Å²) in [6.07, 6.45) is 0. The summed E-state index contributed by atoms with van der Waals surface area (Å²) in [5.74, 6) is -0.259. The molecule has 0 aliphatic carbocycles. The number of urea groups is 1. The van der Waals surface area contributed by atoms with Crippen LogP contribution in [0.2, 0.25) is 10.0 Å². The minimum Gasteiger partial charge on any atom is -0.352 e. The average Bonchev–Trinajstić information content (AvgIpc) is 2.71. The predicted octanol–water partition coefficient (Wildman–Crippen LogP) is 2.76. The van der Waals surface area contributed by atoms with Crippen molar-refractivity contribution in [1.82, 2.24) is 15.1 Å². The maximum atomic E-state index is 12.7. The van der Waals surface area contributed by atoms with Gasteiger partial charge in [0.05, 0.1) is 0 Å². The van der Waals surface area contributed by atoms with Crippen LogP contribution in [0.4, 0.5) is 4.79 Å². The summed E-state index contributed by atoms with van der Waals surface area (Å²) in [4.78, 5) is 39.5. The number of benzene rings is 2. The molecule has 2 aromatic carbocycles. The fourth-order valence-electron chi connectivity index (χ4n) is 3.11. The van der Waals surface area contributed by atoms with E-state index in [0.717, 1.165) is 5.56 Å². The van der Waals surface area contributed by atoms with Crippen molar-refractivity contribution in [3.05, 3.63) is 69.2 Å². The molecule has 152 valence electrons. The fraction of sp³-hybridized carbons (Fsp3) is 0.250. The molecule has 1 aliphatic rings. The van der Waals surface area contributed by atoms with Crippen LogP contribution < -0.4 is 11.1 Å². The Hall–Kier alpha value is -2.77. The maximum absolute atomic E-state index is 12.7. The Morgan fingerprint density at radius 3 is 1.79 bits per heavy atom. The molecule has 1 aliphatic heterocycles. The number of hydrogen-bond acceptors (Lipinski definition) is 3. The molecule has 0 atom stereocenters. The van der Waals surface area contributed by atoms with Gasteiger partial charge in [-0.2, -0.15) is 0 Å². The Morgan fingerprint density at radius 1 is 0.828 bits per heavy atom. The summed E-state index contributed by atoms with van der Waals surface area (Å²) in [7, 11) is 0. The van der Waals surface area contributed by atoms with Crippen molar-refractivity contribution >= 4 is 41.0 Å². The molecule has 0 bridgehead atoms. The Kier molecular flexibility index (Phi) is 6.61. The number of nitrogens with one attached hydrogen (secondary N) is 1. The van der Waals surface area contributed by atoms with Crippen LogP contribution in [0.3, 0.4) is 0 Å². The summed E-state index contributed by atoms with van der Waals surface area (Å²) in [6.45, 7) is 2.02. The lowest BCUT2D eigenvalue weighted by Gasteiger charge is -2.35. The molecule has 1 heterocycles. The third-order valence-electron chi connectivity index (χ3n) is 4.63. The van der Waals surface area contributed by atoms with E-state index in [-0.39, 0.29) is 11.8 Å². The molecule has 1 fully saturated rings. The van der Waals surface area contributed by atoms with Gasteiger partial charge in [0, 0.05) is 53.9 Å². The third kappa shape index (κ3) is 5.40. The van der Waals surface area contributed by atoms with Crippen LogP contribution in [-0.4, -0.2) is 53.8 Å². The molecule has 0 saturated carbocycles.